The molecule has 1 aromatic rings. The van der Waals surface area contributed by atoms with Crippen molar-refractivity contribution in [3.05, 3.63) is 35.9 Å². The number of nitrogens with zero attached hydrogens (tertiary/aromatic N) is 1. The van der Waals surface area contributed by atoms with Crippen LogP contribution in [0.25, 0.3) is 0 Å². The Morgan fingerprint density at radius 2 is 1.89 bits per heavy atom. The molecule has 0 spiro atoms. The summed E-state index contributed by atoms with van der Waals surface area (Å²) in [5, 5.41) is 10.2. The summed E-state index contributed by atoms with van der Waals surface area (Å²) >= 11 is 0. The second-order valence-corrected chi connectivity index (χ2v) is 5.83. The zero-order chi connectivity index (χ0) is 12.5. The monoisotopic (exact) mass is 245 g/mol. The molecule has 18 heavy (non-hydrogen) atoms. The fraction of sp³-hybridized carbons (Fsp3) is 0.625. The Hall–Kier alpha value is -0.860. The topological polar surface area (TPSA) is 23.5 Å². The molecule has 2 fully saturated rings. The first-order chi connectivity index (χ1) is 8.77. The first-order valence-corrected chi connectivity index (χ1v) is 7.28. The smallest absolute Gasteiger partial charge is 0.0696 e. The van der Waals surface area contributed by atoms with Crippen LogP contribution in [0.2, 0.25) is 0 Å². The first-order valence-electron chi connectivity index (χ1n) is 7.28. The maximum absolute atomic E-state index is 10.2. The summed E-state index contributed by atoms with van der Waals surface area (Å²) in [5.74, 6) is 0. The summed E-state index contributed by atoms with van der Waals surface area (Å²) < 4.78 is 0. The van der Waals surface area contributed by atoms with E-state index in [2.05, 4.69) is 42.2 Å². The largest absolute Gasteiger partial charge is 0.391 e. The second kappa shape index (κ2) is 5.02. The Labute approximate surface area is 110 Å². The van der Waals surface area contributed by atoms with Gasteiger partial charge >= 0.3 is 0 Å². The van der Waals surface area contributed by atoms with E-state index in [0.717, 1.165) is 19.3 Å². The van der Waals surface area contributed by atoms with Gasteiger partial charge in [0, 0.05) is 18.1 Å². The van der Waals surface area contributed by atoms with E-state index in [4.69, 9.17) is 0 Å². The van der Waals surface area contributed by atoms with Gasteiger partial charge in [-0.1, -0.05) is 36.8 Å². The lowest BCUT2D eigenvalue weighted by molar-refractivity contribution is -0.0685. The van der Waals surface area contributed by atoms with Gasteiger partial charge in [-0.05, 0) is 38.2 Å². The van der Waals surface area contributed by atoms with E-state index < -0.39 is 0 Å². The molecule has 2 heteroatoms. The number of hydrogen-bond donors (Lipinski definition) is 1. The number of hydrogen-bond acceptors (Lipinski definition) is 2. The summed E-state index contributed by atoms with van der Waals surface area (Å²) in [4.78, 5) is 2.59. The van der Waals surface area contributed by atoms with Gasteiger partial charge in [0.25, 0.3) is 0 Å². The Kier molecular flexibility index (Phi) is 3.40. The van der Waals surface area contributed by atoms with Crippen LogP contribution in [0.3, 0.4) is 0 Å². The van der Waals surface area contributed by atoms with Crippen LogP contribution >= 0.6 is 0 Å². The average Bonchev–Trinajstić information content (AvgIpc) is 2.43. The first kappa shape index (κ1) is 12.2. The lowest BCUT2D eigenvalue weighted by Crippen LogP contribution is -2.56. The third-order valence-electron chi connectivity index (χ3n) is 4.81. The average molecular weight is 245 g/mol. The summed E-state index contributed by atoms with van der Waals surface area (Å²) in [6.07, 6.45) is 5.79. The molecule has 2 heterocycles. The molecule has 0 radical (unpaired) electrons. The predicted octanol–water partition coefficient (Wildman–Crippen LogP) is 3.13. The van der Waals surface area contributed by atoms with Crippen molar-refractivity contribution >= 4 is 0 Å². The van der Waals surface area contributed by atoms with Crippen molar-refractivity contribution in [1.29, 1.82) is 0 Å². The Morgan fingerprint density at radius 3 is 2.67 bits per heavy atom. The van der Waals surface area contributed by atoms with Crippen molar-refractivity contribution in [1.82, 2.24) is 4.90 Å². The molecular formula is C16H23NO. The van der Waals surface area contributed by atoms with E-state index in [9.17, 15) is 5.11 Å². The fourth-order valence-corrected chi connectivity index (χ4v) is 3.88. The number of benzene rings is 1. The molecule has 2 bridgehead atoms. The third-order valence-corrected chi connectivity index (χ3v) is 4.81. The Balaban J connectivity index is 1.86. The van der Waals surface area contributed by atoms with Crippen LogP contribution in [0.15, 0.2) is 30.3 Å². The number of fused-ring (bicyclic) bond motifs is 2. The maximum Gasteiger partial charge on any atom is 0.0696 e. The van der Waals surface area contributed by atoms with Crippen LogP contribution in [0.4, 0.5) is 0 Å². The molecular weight excluding hydrogens is 222 g/mol. The van der Waals surface area contributed by atoms with Crippen molar-refractivity contribution in [2.45, 2.75) is 63.3 Å². The summed E-state index contributed by atoms with van der Waals surface area (Å²) in [6.45, 7) is 2.29. The van der Waals surface area contributed by atoms with Gasteiger partial charge in [-0.3, -0.25) is 4.90 Å². The maximum atomic E-state index is 10.2. The highest BCUT2D eigenvalue weighted by molar-refractivity contribution is 5.19. The van der Waals surface area contributed by atoms with Gasteiger partial charge in [-0.15, -0.1) is 0 Å². The van der Waals surface area contributed by atoms with E-state index >= 15 is 0 Å². The van der Waals surface area contributed by atoms with Crippen LogP contribution in [-0.2, 0) is 0 Å². The SMILES string of the molecule is C[C@H](c1ccccc1)N1[C@@H]2CCC[C@H]1[C@@H](O)CC2. The van der Waals surface area contributed by atoms with E-state index in [1.165, 1.54) is 18.4 Å². The highest BCUT2D eigenvalue weighted by Gasteiger charge is 2.41. The Morgan fingerprint density at radius 1 is 1.11 bits per heavy atom. The molecule has 2 nitrogen and oxygen atoms in total. The fourth-order valence-electron chi connectivity index (χ4n) is 3.88. The minimum atomic E-state index is -0.118. The molecule has 0 unspecified atom stereocenters. The minimum Gasteiger partial charge on any atom is -0.391 e. The van der Waals surface area contributed by atoms with Crippen LogP contribution in [0.5, 0.6) is 0 Å². The van der Waals surface area contributed by atoms with Crippen molar-refractivity contribution in [3.63, 3.8) is 0 Å². The molecule has 4 atom stereocenters. The highest BCUT2D eigenvalue weighted by Crippen LogP contribution is 2.39. The Bertz CT molecular complexity index is 391. The van der Waals surface area contributed by atoms with E-state index in [1.54, 1.807) is 0 Å². The third kappa shape index (κ3) is 2.08. The molecule has 3 rings (SSSR count). The van der Waals surface area contributed by atoms with E-state index in [0.29, 0.717) is 18.1 Å². The van der Waals surface area contributed by atoms with Crippen LogP contribution in [-0.4, -0.2) is 28.2 Å². The summed E-state index contributed by atoms with van der Waals surface area (Å²) in [6, 6.07) is 12.2. The van der Waals surface area contributed by atoms with Gasteiger partial charge in [0.1, 0.15) is 0 Å². The van der Waals surface area contributed by atoms with Gasteiger partial charge in [0.05, 0.1) is 6.10 Å². The zero-order valence-electron chi connectivity index (χ0n) is 11.1. The lowest BCUT2D eigenvalue weighted by Gasteiger charge is -2.51. The van der Waals surface area contributed by atoms with Gasteiger partial charge in [-0.25, -0.2) is 0 Å². The normalized spacial score (nSPS) is 34.2. The van der Waals surface area contributed by atoms with Crippen molar-refractivity contribution in [2.75, 3.05) is 0 Å². The number of rotatable bonds is 2. The molecule has 98 valence electrons. The van der Waals surface area contributed by atoms with Crippen molar-refractivity contribution < 1.29 is 5.11 Å². The summed E-state index contributed by atoms with van der Waals surface area (Å²) in [7, 11) is 0. The zero-order valence-corrected chi connectivity index (χ0v) is 11.1. The quantitative estimate of drug-likeness (QED) is 0.865. The van der Waals surface area contributed by atoms with E-state index in [1.807, 2.05) is 0 Å². The second-order valence-electron chi connectivity index (χ2n) is 5.83. The molecule has 0 amide bonds. The molecule has 2 aliphatic heterocycles. The lowest BCUT2D eigenvalue weighted by atomic mass is 9.81. The molecule has 0 saturated carbocycles. The number of aliphatic hydroxyl groups excluding tert-OH is 1. The van der Waals surface area contributed by atoms with Gasteiger partial charge in [0.15, 0.2) is 0 Å². The molecule has 1 N–H and O–H groups in total. The van der Waals surface area contributed by atoms with Crippen molar-refractivity contribution in [3.8, 4) is 0 Å². The predicted molar refractivity (Wildman–Crippen MR) is 73.4 cm³/mol. The molecule has 2 aliphatic rings. The van der Waals surface area contributed by atoms with Gasteiger partial charge < -0.3 is 5.11 Å². The molecule has 1 aromatic carbocycles. The number of piperidine rings is 2. The molecule has 0 aromatic heterocycles. The van der Waals surface area contributed by atoms with E-state index in [-0.39, 0.29) is 6.10 Å². The van der Waals surface area contributed by atoms with Crippen LogP contribution < -0.4 is 0 Å². The van der Waals surface area contributed by atoms with Gasteiger partial charge in [0.2, 0.25) is 0 Å². The summed E-state index contributed by atoms with van der Waals surface area (Å²) in [5.41, 5.74) is 1.38. The standard InChI is InChI=1S/C16H23NO/c1-12(13-6-3-2-4-7-13)17-14-8-5-9-15(17)16(18)11-10-14/h2-4,6-7,12,14-16,18H,5,8-11H2,1H3/t12-,14-,15+,16+/m1/s1. The minimum absolute atomic E-state index is 0.118. The molecule has 0 aliphatic carbocycles. The van der Waals surface area contributed by atoms with Crippen LogP contribution in [0, 0.1) is 0 Å². The number of aliphatic hydroxyl groups is 1. The highest BCUT2D eigenvalue weighted by atomic mass is 16.3. The van der Waals surface area contributed by atoms with Gasteiger partial charge in [-0.2, -0.15) is 0 Å². The van der Waals surface area contributed by atoms with Crippen molar-refractivity contribution in [2.24, 2.45) is 0 Å². The molecule has 2 saturated heterocycles. The van der Waals surface area contributed by atoms with Crippen LogP contribution in [0.1, 0.15) is 50.6 Å².